The Kier molecular flexibility index (Phi) is 6.26. The summed E-state index contributed by atoms with van der Waals surface area (Å²) in [5.74, 6) is -0.735. The van der Waals surface area contributed by atoms with E-state index >= 15 is 0 Å². The van der Waals surface area contributed by atoms with Gasteiger partial charge in [-0.2, -0.15) is 0 Å². The first-order chi connectivity index (χ1) is 20.3. The molecule has 0 radical (unpaired) electrons. The summed E-state index contributed by atoms with van der Waals surface area (Å²) in [5, 5.41) is 0.618. The second kappa shape index (κ2) is 10.0. The van der Waals surface area contributed by atoms with Gasteiger partial charge >= 0.3 is 5.97 Å². The molecule has 7 rings (SSSR count). The minimum absolute atomic E-state index is 0.0758. The molecule has 1 aromatic heterocycles. The first-order valence-electron chi connectivity index (χ1n) is 14.5. The Labute approximate surface area is 243 Å². The van der Waals surface area contributed by atoms with Gasteiger partial charge in [0.1, 0.15) is 0 Å². The number of ketones is 1. The van der Waals surface area contributed by atoms with Crippen LogP contribution in [0.4, 0.5) is 5.69 Å². The fraction of sp³-hybridized carbons (Fsp3) is 0.286. The van der Waals surface area contributed by atoms with Crippen molar-refractivity contribution >= 4 is 40.2 Å². The molecule has 2 bridgehead atoms. The van der Waals surface area contributed by atoms with Crippen LogP contribution in [-0.2, 0) is 14.3 Å². The summed E-state index contributed by atoms with van der Waals surface area (Å²) in [4.78, 5) is 59.0. The number of nitrogens with zero attached hydrogens (tertiary/aromatic N) is 2. The molecule has 2 amide bonds. The van der Waals surface area contributed by atoms with Crippen molar-refractivity contribution in [2.24, 2.45) is 23.7 Å². The van der Waals surface area contributed by atoms with Gasteiger partial charge in [0.05, 0.1) is 34.3 Å². The summed E-state index contributed by atoms with van der Waals surface area (Å²) in [6, 6.07) is 23.3. The van der Waals surface area contributed by atoms with Crippen LogP contribution in [0.1, 0.15) is 52.5 Å². The van der Waals surface area contributed by atoms with Crippen LogP contribution >= 0.6 is 0 Å². The van der Waals surface area contributed by atoms with Crippen molar-refractivity contribution in [2.75, 3.05) is 4.90 Å². The number of benzene rings is 3. The fourth-order valence-corrected chi connectivity index (χ4v) is 7.17. The highest BCUT2D eigenvalue weighted by molar-refractivity contribution is 6.22. The van der Waals surface area contributed by atoms with E-state index < -0.39 is 12.1 Å². The zero-order chi connectivity index (χ0) is 29.1. The molecule has 3 aliphatic rings. The molecule has 0 spiro atoms. The standard InChI is InChI=1S/C35H30N2O5/c1-19-7-9-22(10-8-19)32(38)20(2)42-35(41)27-18-29(36-28-6-4-3-5-26(27)28)21-13-15-25(16-14-21)37-33(39)30-23-11-12-24(17-23)31(30)34(37)40/h3-10,13-16,18,20,23-24,30-31H,11-12,17H2,1-2H3/t20-,23+,24+,30-,31+/m1/s1. The molecule has 5 atom stereocenters. The average Bonchev–Trinajstić information content (AvgIpc) is 3.70. The van der Waals surface area contributed by atoms with Gasteiger partial charge in [-0.1, -0.05) is 60.2 Å². The molecule has 4 aromatic rings. The van der Waals surface area contributed by atoms with E-state index in [1.165, 1.54) is 4.90 Å². The third-order valence-corrected chi connectivity index (χ3v) is 9.27. The topological polar surface area (TPSA) is 93.6 Å². The van der Waals surface area contributed by atoms with E-state index in [9.17, 15) is 19.2 Å². The Balaban J connectivity index is 1.16. The van der Waals surface area contributed by atoms with Crippen LogP contribution in [-0.4, -0.2) is 34.7 Å². The van der Waals surface area contributed by atoms with E-state index in [2.05, 4.69) is 0 Å². The first-order valence-corrected chi connectivity index (χ1v) is 14.5. The number of aryl methyl sites for hydroxylation is 1. The molecular weight excluding hydrogens is 528 g/mol. The molecule has 0 unspecified atom stereocenters. The zero-order valence-corrected chi connectivity index (χ0v) is 23.4. The van der Waals surface area contributed by atoms with Crippen LogP contribution in [0, 0.1) is 30.6 Å². The van der Waals surface area contributed by atoms with E-state index in [-0.39, 0.29) is 29.4 Å². The minimum atomic E-state index is -0.972. The minimum Gasteiger partial charge on any atom is -0.451 e. The summed E-state index contributed by atoms with van der Waals surface area (Å²) in [6.45, 7) is 3.51. The largest absolute Gasteiger partial charge is 0.451 e. The third-order valence-electron chi connectivity index (χ3n) is 9.27. The molecule has 2 aliphatic carbocycles. The maximum Gasteiger partial charge on any atom is 0.339 e. The van der Waals surface area contributed by atoms with E-state index in [0.29, 0.717) is 45.2 Å². The molecule has 0 N–H and O–H groups in total. The maximum atomic E-state index is 13.4. The number of rotatable bonds is 6. The monoisotopic (exact) mass is 558 g/mol. The van der Waals surface area contributed by atoms with Gasteiger partial charge in [-0.3, -0.25) is 19.3 Å². The number of amides is 2. The Morgan fingerprint density at radius 3 is 2.19 bits per heavy atom. The maximum absolute atomic E-state index is 13.4. The molecular formula is C35H30N2O5. The number of carbonyl (C=O) groups is 4. The van der Waals surface area contributed by atoms with E-state index in [1.54, 1.807) is 43.3 Å². The van der Waals surface area contributed by atoms with Gasteiger partial charge in [-0.05, 0) is 69.2 Å². The highest BCUT2D eigenvalue weighted by atomic mass is 16.5. The second-order valence-electron chi connectivity index (χ2n) is 11.8. The van der Waals surface area contributed by atoms with Crippen molar-refractivity contribution in [1.29, 1.82) is 0 Å². The summed E-state index contributed by atoms with van der Waals surface area (Å²) < 4.78 is 5.65. The molecule has 7 heteroatoms. The first kappa shape index (κ1) is 26.3. The molecule has 3 fully saturated rings. The second-order valence-corrected chi connectivity index (χ2v) is 11.8. The van der Waals surface area contributed by atoms with Gasteiger partial charge in [0, 0.05) is 16.5 Å². The number of hydrogen-bond donors (Lipinski definition) is 0. The number of aromatic nitrogens is 1. The predicted molar refractivity (Wildman–Crippen MR) is 158 cm³/mol. The number of imide groups is 1. The summed E-state index contributed by atoms with van der Waals surface area (Å²) in [6.07, 6.45) is 2.10. The van der Waals surface area contributed by atoms with Gasteiger partial charge in [0.15, 0.2) is 6.10 Å². The van der Waals surface area contributed by atoms with Crippen molar-refractivity contribution in [3.63, 3.8) is 0 Å². The number of fused-ring (bicyclic) bond motifs is 6. The molecule has 3 aromatic carbocycles. The predicted octanol–water partition coefficient (Wildman–Crippen LogP) is 6.17. The summed E-state index contributed by atoms with van der Waals surface area (Å²) >= 11 is 0. The highest BCUT2D eigenvalue weighted by Crippen LogP contribution is 2.56. The molecule has 42 heavy (non-hydrogen) atoms. The molecule has 1 saturated heterocycles. The Morgan fingerprint density at radius 1 is 0.881 bits per heavy atom. The molecule has 1 aliphatic heterocycles. The Hall–Kier alpha value is -4.65. The lowest BCUT2D eigenvalue weighted by atomic mass is 9.81. The molecule has 2 heterocycles. The molecule has 7 nitrogen and oxygen atoms in total. The van der Waals surface area contributed by atoms with Crippen LogP contribution in [0.2, 0.25) is 0 Å². The van der Waals surface area contributed by atoms with Gasteiger partial charge in [0.2, 0.25) is 17.6 Å². The number of ether oxygens (including phenoxy) is 1. The van der Waals surface area contributed by atoms with Crippen molar-refractivity contribution < 1.29 is 23.9 Å². The van der Waals surface area contributed by atoms with Crippen molar-refractivity contribution in [3.05, 3.63) is 95.6 Å². The normalized spacial score (nSPS) is 23.3. The third kappa shape index (κ3) is 4.23. The lowest BCUT2D eigenvalue weighted by Gasteiger charge is -2.19. The fourth-order valence-electron chi connectivity index (χ4n) is 7.17. The van der Waals surface area contributed by atoms with Gasteiger partial charge < -0.3 is 4.74 Å². The zero-order valence-electron chi connectivity index (χ0n) is 23.4. The highest BCUT2D eigenvalue weighted by Gasteiger charge is 2.61. The number of pyridine rings is 1. The summed E-state index contributed by atoms with van der Waals surface area (Å²) in [5.41, 5.74) is 4.25. The van der Waals surface area contributed by atoms with Crippen molar-refractivity contribution in [2.45, 2.75) is 39.2 Å². The molecule has 210 valence electrons. The lowest BCUT2D eigenvalue weighted by molar-refractivity contribution is -0.123. The van der Waals surface area contributed by atoms with E-state index in [0.717, 1.165) is 30.4 Å². The van der Waals surface area contributed by atoms with Crippen molar-refractivity contribution in [3.8, 4) is 11.3 Å². The van der Waals surface area contributed by atoms with E-state index in [4.69, 9.17) is 9.72 Å². The van der Waals surface area contributed by atoms with Crippen LogP contribution in [0.25, 0.3) is 22.2 Å². The van der Waals surface area contributed by atoms with Crippen LogP contribution in [0.3, 0.4) is 0 Å². The lowest BCUT2D eigenvalue weighted by Crippen LogP contribution is -2.32. The number of esters is 1. The number of hydrogen-bond acceptors (Lipinski definition) is 6. The van der Waals surface area contributed by atoms with Gasteiger partial charge in [-0.15, -0.1) is 0 Å². The Bertz CT molecular complexity index is 1730. The average molecular weight is 559 g/mol. The van der Waals surface area contributed by atoms with Crippen LogP contribution < -0.4 is 4.90 Å². The Morgan fingerprint density at radius 2 is 1.52 bits per heavy atom. The number of carbonyl (C=O) groups excluding carboxylic acids is 4. The smallest absolute Gasteiger partial charge is 0.339 e. The number of para-hydroxylation sites is 1. The van der Waals surface area contributed by atoms with E-state index in [1.807, 2.05) is 49.4 Å². The van der Waals surface area contributed by atoms with Crippen LogP contribution in [0.5, 0.6) is 0 Å². The van der Waals surface area contributed by atoms with Crippen molar-refractivity contribution in [1.82, 2.24) is 4.98 Å². The van der Waals surface area contributed by atoms with Crippen LogP contribution in [0.15, 0.2) is 78.9 Å². The van der Waals surface area contributed by atoms with Gasteiger partial charge in [-0.25, -0.2) is 9.78 Å². The summed E-state index contributed by atoms with van der Waals surface area (Å²) in [7, 11) is 0. The SMILES string of the molecule is Cc1ccc(C(=O)[C@@H](C)OC(=O)c2cc(-c3ccc(N4C(=O)[C@@H]5[C@H]6CC[C@@H](C6)[C@@H]5C4=O)cc3)nc3ccccc23)cc1. The number of anilines is 1. The quantitative estimate of drug-likeness (QED) is 0.160. The molecule has 2 saturated carbocycles. The van der Waals surface area contributed by atoms with Gasteiger partial charge in [0.25, 0.3) is 0 Å². The number of Topliss-reactive ketones (excluding diaryl/α,β-unsaturated/α-hetero) is 1.